The zero-order chi connectivity index (χ0) is 19.8. The number of carbonyl (C=O) groups excluding carboxylic acids is 1. The van der Waals surface area contributed by atoms with Crippen LogP contribution < -0.4 is 4.74 Å². The van der Waals surface area contributed by atoms with Gasteiger partial charge in [-0.05, 0) is 36.4 Å². The Labute approximate surface area is 166 Å². The molecule has 2 aromatic carbocycles. The van der Waals surface area contributed by atoms with E-state index in [-0.39, 0.29) is 6.03 Å². The van der Waals surface area contributed by atoms with Gasteiger partial charge in [0.25, 0.3) is 0 Å². The molecule has 0 fully saturated rings. The van der Waals surface area contributed by atoms with E-state index in [1.54, 1.807) is 30.4 Å². The van der Waals surface area contributed by atoms with E-state index in [2.05, 4.69) is 34.3 Å². The maximum atomic E-state index is 12.2. The molecule has 0 unspecified atom stereocenters. The first-order valence-electron chi connectivity index (χ1n) is 9.31. The average molecular weight is 378 g/mol. The van der Waals surface area contributed by atoms with Gasteiger partial charge in [-0.2, -0.15) is 9.78 Å². The maximum absolute atomic E-state index is 12.2. The average Bonchev–Trinajstić information content (AvgIpc) is 3.26. The van der Waals surface area contributed by atoms with Gasteiger partial charge < -0.3 is 14.5 Å². The lowest BCUT2D eigenvalue weighted by atomic mass is 10.2. The molecule has 0 aliphatic rings. The number of amides is 1. The molecular formula is C22H26N4O2. The molecule has 3 aromatic rings. The van der Waals surface area contributed by atoms with Gasteiger partial charge in [0.1, 0.15) is 12.4 Å². The van der Waals surface area contributed by atoms with Gasteiger partial charge in [-0.3, -0.25) is 0 Å². The second-order valence-electron chi connectivity index (χ2n) is 6.81. The third kappa shape index (κ3) is 5.69. The normalized spacial score (nSPS) is 10.8. The topological polar surface area (TPSA) is 50.6 Å². The minimum Gasteiger partial charge on any atom is -0.489 e. The van der Waals surface area contributed by atoms with Crippen LogP contribution in [0.2, 0.25) is 0 Å². The fourth-order valence-electron chi connectivity index (χ4n) is 2.84. The first-order valence-corrected chi connectivity index (χ1v) is 9.31. The van der Waals surface area contributed by atoms with Crippen molar-refractivity contribution in [3.63, 3.8) is 0 Å². The second-order valence-corrected chi connectivity index (χ2v) is 6.81. The number of benzene rings is 2. The van der Waals surface area contributed by atoms with Crippen LogP contribution in [0.5, 0.6) is 5.75 Å². The molecule has 1 amide bonds. The van der Waals surface area contributed by atoms with E-state index in [1.807, 2.05) is 37.4 Å². The molecule has 3 rings (SSSR count). The van der Waals surface area contributed by atoms with Crippen molar-refractivity contribution >= 4 is 6.03 Å². The van der Waals surface area contributed by atoms with Crippen molar-refractivity contribution in [1.82, 2.24) is 19.6 Å². The largest absolute Gasteiger partial charge is 0.489 e. The smallest absolute Gasteiger partial charge is 0.344 e. The predicted molar refractivity (Wildman–Crippen MR) is 109 cm³/mol. The highest BCUT2D eigenvalue weighted by Gasteiger charge is 2.12. The SMILES string of the molecule is CN(CCN(C)C(=O)n1cccn1)Cc1cccc(OCc2ccccc2)c1. The number of ether oxygens (including phenoxy) is 1. The summed E-state index contributed by atoms with van der Waals surface area (Å²) in [4.78, 5) is 16.1. The predicted octanol–water partition coefficient (Wildman–Crippen LogP) is 3.49. The maximum Gasteiger partial charge on any atom is 0.344 e. The van der Waals surface area contributed by atoms with Crippen molar-refractivity contribution in [2.75, 3.05) is 27.2 Å². The van der Waals surface area contributed by atoms with Crippen LogP contribution in [0, 0.1) is 0 Å². The van der Waals surface area contributed by atoms with Crippen molar-refractivity contribution in [2.24, 2.45) is 0 Å². The quantitative estimate of drug-likeness (QED) is 0.602. The van der Waals surface area contributed by atoms with Crippen molar-refractivity contribution in [2.45, 2.75) is 13.2 Å². The summed E-state index contributed by atoms with van der Waals surface area (Å²) in [5.74, 6) is 0.862. The van der Waals surface area contributed by atoms with Crippen LogP contribution in [0.4, 0.5) is 4.79 Å². The number of hydrogen-bond acceptors (Lipinski definition) is 4. The van der Waals surface area contributed by atoms with Crippen LogP contribution in [-0.4, -0.2) is 52.8 Å². The summed E-state index contributed by atoms with van der Waals surface area (Å²) in [6.07, 6.45) is 3.26. The molecule has 0 radical (unpaired) electrons. The Morgan fingerprint density at radius 3 is 2.54 bits per heavy atom. The molecule has 28 heavy (non-hydrogen) atoms. The number of rotatable bonds is 8. The summed E-state index contributed by atoms with van der Waals surface area (Å²) < 4.78 is 7.25. The van der Waals surface area contributed by atoms with Crippen LogP contribution in [0.15, 0.2) is 73.1 Å². The van der Waals surface area contributed by atoms with E-state index in [1.165, 1.54) is 10.2 Å². The fourth-order valence-corrected chi connectivity index (χ4v) is 2.84. The van der Waals surface area contributed by atoms with Gasteiger partial charge in [-0.25, -0.2) is 4.79 Å². The summed E-state index contributed by atoms with van der Waals surface area (Å²) in [7, 11) is 3.83. The number of aromatic nitrogens is 2. The summed E-state index contributed by atoms with van der Waals surface area (Å²) >= 11 is 0. The third-order valence-electron chi connectivity index (χ3n) is 4.44. The number of nitrogens with zero attached hydrogens (tertiary/aromatic N) is 4. The minimum absolute atomic E-state index is 0.130. The van der Waals surface area contributed by atoms with Gasteiger partial charge in [0.15, 0.2) is 0 Å². The van der Waals surface area contributed by atoms with Gasteiger partial charge in [0.2, 0.25) is 0 Å². The molecule has 146 valence electrons. The summed E-state index contributed by atoms with van der Waals surface area (Å²) in [5.41, 5.74) is 2.32. The van der Waals surface area contributed by atoms with Crippen molar-refractivity contribution in [3.8, 4) is 5.75 Å². The lowest BCUT2D eigenvalue weighted by Crippen LogP contribution is -2.37. The van der Waals surface area contributed by atoms with Crippen LogP contribution >= 0.6 is 0 Å². The molecule has 1 aromatic heterocycles. The van der Waals surface area contributed by atoms with E-state index in [0.717, 1.165) is 24.4 Å². The lowest BCUT2D eigenvalue weighted by Gasteiger charge is -2.22. The van der Waals surface area contributed by atoms with E-state index >= 15 is 0 Å². The Bertz CT molecular complexity index is 865. The molecular weight excluding hydrogens is 352 g/mol. The molecule has 6 heteroatoms. The molecule has 0 aliphatic heterocycles. The lowest BCUT2D eigenvalue weighted by molar-refractivity contribution is 0.198. The Morgan fingerprint density at radius 2 is 1.79 bits per heavy atom. The highest BCUT2D eigenvalue weighted by atomic mass is 16.5. The van der Waals surface area contributed by atoms with Crippen LogP contribution in [0.1, 0.15) is 11.1 Å². The van der Waals surface area contributed by atoms with E-state index in [9.17, 15) is 4.79 Å². The zero-order valence-electron chi connectivity index (χ0n) is 16.4. The Kier molecular flexibility index (Phi) is 6.81. The fraction of sp³-hybridized carbons (Fsp3) is 0.273. The molecule has 0 saturated heterocycles. The molecule has 0 atom stereocenters. The summed E-state index contributed by atoms with van der Waals surface area (Å²) in [6.45, 7) is 2.73. The number of carbonyl (C=O) groups is 1. The van der Waals surface area contributed by atoms with Crippen LogP contribution in [-0.2, 0) is 13.2 Å². The molecule has 0 saturated carbocycles. The van der Waals surface area contributed by atoms with Crippen LogP contribution in [0.25, 0.3) is 0 Å². The second kappa shape index (κ2) is 9.71. The molecule has 6 nitrogen and oxygen atoms in total. The molecule has 1 heterocycles. The van der Waals surface area contributed by atoms with Crippen molar-refractivity contribution in [1.29, 1.82) is 0 Å². The Balaban J connectivity index is 1.47. The van der Waals surface area contributed by atoms with Crippen molar-refractivity contribution < 1.29 is 9.53 Å². The monoisotopic (exact) mass is 378 g/mol. The van der Waals surface area contributed by atoms with E-state index in [0.29, 0.717) is 13.2 Å². The molecule has 0 aliphatic carbocycles. The minimum atomic E-state index is -0.130. The van der Waals surface area contributed by atoms with Gasteiger partial charge >= 0.3 is 6.03 Å². The van der Waals surface area contributed by atoms with Gasteiger partial charge in [-0.1, -0.05) is 42.5 Å². The first kappa shape index (κ1) is 19.6. The van der Waals surface area contributed by atoms with Crippen LogP contribution in [0.3, 0.4) is 0 Å². The highest BCUT2D eigenvalue weighted by Crippen LogP contribution is 2.16. The van der Waals surface area contributed by atoms with Gasteiger partial charge in [0.05, 0.1) is 0 Å². The third-order valence-corrected chi connectivity index (χ3v) is 4.44. The first-order chi connectivity index (χ1) is 13.6. The molecule has 0 spiro atoms. The number of hydrogen-bond donors (Lipinski definition) is 0. The highest BCUT2D eigenvalue weighted by molar-refractivity contribution is 5.75. The van der Waals surface area contributed by atoms with E-state index in [4.69, 9.17) is 4.74 Å². The molecule has 0 bridgehead atoms. The van der Waals surface area contributed by atoms with Gasteiger partial charge in [-0.15, -0.1) is 0 Å². The van der Waals surface area contributed by atoms with Crippen molar-refractivity contribution in [3.05, 3.63) is 84.2 Å². The van der Waals surface area contributed by atoms with Gasteiger partial charge in [0, 0.05) is 39.1 Å². The standard InChI is InChI=1S/C22H26N4O2/c1-24(14-15-25(2)22(27)26-13-7-12-23-26)17-20-10-6-11-21(16-20)28-18-19-8-4-3-5-9-19/h3-13,16H,14-15,17-18H2,1-2H3. The Hall–Kier alpha value is -3.12. The zero-order valence-corrected chi connectivity index (χ0v) is 16.4. The summed E-state index contributed by atoms with van der Waals surface area (Å²) in [6, 6.07) is 19.9. The Morgan fingerprint density at radius 1 is 1.00 bits per heavy atom. The molecule has 0 N–H and O–H groups in total. The van der Waals surface area contributed by atoms with E-state index < -0.39 is 0 Å². The summed E-state index contributed by atoms with van der Waals surface area (Å²) in [5, 5.41) is 3.98. The number of likely N-dealkylation sites (N-methyl/N-ethyl adjacent to an activating group) is 2.